The molecule has 4 rings (SSSR count). The Hall–Kier alpha value is -3.23. The van der Waals surface area contributed by atoms with E-state index in [0.29, 0.717) is 15.6 Å². The van der Waals surface area contributed by atoms with Crippen molar-refractivity contribution in [3.63, 3.8) is 0 Å². The molecular formula is C22H14IN3O6S2. The molecule has 1 amide bonds. The van der Waals surface area contributed by atoms with Gasteiger partial charge in [-0.2, -0.15) is 8.42 Å². The van der Waals surface area contributed by atoms with E-state index in [1.807, 2.05) is 24.3 Å². The van der Waals surface area contributed by atoms with Gasteiger partial charge >= 0.3 is 10.1 Å². The highest BCUT2D eigenvalue weighted by molar-refractivity contribution is 14.1. The number of nitro groups is 1. The number of non-ortho nitro benzene ring substituents is 1. The van der Waals surface area contributed by atoms with Gasteiger partial charge in [-0.1, -0.05) is 24.3 Å². The van der Waals surface area contributed by atoms with Gasteiger partial charge in [-0.3, -0.25) is 14.9 Å². The Bertz CT molecular complexity index is 1440. The van der Waals surface area contributed by atoms with Crippen molar-refractivity contribution in [1.82, 2.24) is 5.32 Å². The van der Waals surface area contributed by atoms with Gasteiger partial charge in [-0.05, 0) is 82.4 Å². The molecule has 0 radical (unpaired) electrons. The summed E-state index contributed by atoms with van der Waals surface area (Å²) in [5.41, 5.74) is 1.19. The molecule has 0 aromatic heterocycles. The van der Waals surface area contributed by atoms with E-state index >= 15 is 0 Å². The molecule has 3 aromatic carbocycles. The van der Waals surface area contributed by atoms with Crippen molar-refractivity contribution >= 4 is 73.0 Å². The summed E-state index contributed by atoms with van der Waals surface area (Å²) >= 11 is 3.37. The van der Waals surface area contributed by atoms with Crippen LogP contribution in [0.15, 0.2) is 87.6 Å². The number of hydrogen-bond acceptors (Lipinski definition) is 8. The minimum Gasteiger partial charge on any atom is -0.379 e. The zero-order valence-corrected chi connectivity index (χ0v) is 20.8. The maximum absolute atomic E-state index is 12.4. The van der Waals surface area contributed by atoms with Crippen LogP contribution in [0, 0.1) is 13.7 Å². The van der Waals surface area contributed by atoms with Gasteiger partial charge in [0.05, 0.1) is 15.5 Å². The van der Waals surface area contributed by atoms with Crippen molar-refractivity contribution in [2.75, 3.05) is 0 Å². The summed E-state index contributed by atoms with van der Waals surface area (Å²) in [6, 6.07) is 18.1. The minimum atomic E-state index is -4.16. The van der Waals surface area contributed by atoms with Gasteiger partial charge in [0.25, 0.3) is 11.6 Å². The molecule has 9 nitrogen and oxygen atoms in total. The van der Waals surface area contributed by atoms with Crippen LogP contribution in [0.2, 0.25) is 0 Å². The van der Waals surface area contributed by atoms with Crippen LogP contribution in [0.5, 0.6) is 5.75 Å². The lowest BCUT2D eigenvalue weighted by atomic mass is 10.2. The van der Waals surface area contributed by atoms with Crippen LogP contribution >= 0.6 is 34.4 Å². The summed E-state index contributed by atoms with van der Waals surface area (Å²) in [5, 5.41) is 13.9. The molecular weight excluding hydrogens is 593 g/mol. The Morgan fingerprint density at radius 3 is 2.35 bits per heavy atom. The zero-order chi connectivity index (χ0) is 24.3. The molecule has 1 aliphatic rings. The number of rotatable bonds is 6. The van der Waals surface area contributed by atoms with Crippen LogP contribution in [-0.2, 0) is 14.9 Å². The lowest BCUT2D eigenvalue weighted by Crippen LogP contribution is -2.19. The summed E-state index contributed by atoms with van der Waals surface area (Å²) < 4.78 is 30.9. The van der Waals surface area contributed by atoms with Gasteiger partial charge in [0, 0.05) is 15.7 Å². The number of benzene rings is 3. The Balaban J connectivity index is 1.47. The Morgan fingerprint density at radius 1 is 1.03 bits per heavy atom. The van der Waals surface area contributed by atoms with Crippen molar-refractivity contribution in [2.24, 2.45) is 4.99 Å². The molecule has 1 aliphatic heterocycles. The lowest BCUT2D eigenvalue weighted by molar-refractivity contribution is -0.384. The largest absolute Gasteiger partial charge is 0.379 e. The van der Waals surface area contributed by atoms with E-state index in [4.69, 9.17) is 4.18 Å². The summed E-state index contributed by atoms with van der Waals surface area (Å²) in [6.45, 7) is 0. The van der Waals surface area contributed by atoms with Gasteiger partial charge < -0.3 is 9.50 Å². The standard InChI is InChI=1S/C22H14IN3O6S2/c23-18-3-1-2-4-19(18)24-22-25-21(27)20(33-22)13-14-5-9-16(10-6-14)32-34(30,31)17-11-7-15(8-12-17)26(28)29/h1-13H,(H,24,25,27)/b20-13+. The molecule has 1 saturated heterocycles. The van der Waals surface area contributed by atoms with Crippen LogP contribution in [0.25, 0.3) is 6.08 Å². The number of carbonyl (C=O) groups is 1. The normalized spacial score (nSPS) is 16.0. The minimum absolute atomic E-state index is 0.0601. The van der Waals surface area contributed by atoms with Crippen LogP contribution in [0.1, 0.15) is 5.56 Å². The molecule has 1 fully saturated rings. The summed E-state index contributed by atoms with van der Waals surface area (Å²) in [6.07, 6.45) is 1.66. The van der Waals surface area contributed by atoms with Crippen molar-refractivity contribution in [3.8, 4) is 5.75 Å². The summed E-state index contributed by atoms with van der Waals surface area (Å²) in [7, 11) is -4.16. The van der Waals surface area contributed by atoms with E-state index in [2.05, 4.69) is 32.9 Å². The smallest absolute Gasteiger partial charge is 0.339 e. The number of hydrogen-bond donors (Lipinski definition) is 1. The molecule has 0 atom stereocenters. The monoisotopic (exact) mass is 607 g/mol. The molecule has 0 spiro atoms. The van der Waals surface area contributed by atoms with E-state index in [9.17, 15) is 23.3 Å². The highest BCUT2D eigenvalue weighted by atomic mass is 127. The SMILES string of the molecule is O=C1NC(=Nc2ccccc2I)S/C1=C/c1ccc(OS(=O)(=O)c2ccc([N+](=O)[O-])cc2)cc1. The average Bonchev–Trinajstić information content (AvgIpc) is 3.15. The second kappa shape index (κ2) is 9.95. The fourth-order valence-electron chi connectivity index (χ4n) is 2.81. The summed E-state index contributed by atoms with van der Waals surface area (Å²) in [5.74, 6) is -0.222. The number of nitro benzene ring substituents is 1. The molecule has 0 bridgehead atoms. The van der Waals surface area contributed by atoms with E-state index < -0.39 is 15.0 Å². The van der Waals surface area contributed by atoms with E-state index in [-0.39, 0.29) is 22.2 Å². The molecule has 172 valence electrons. The van der Waals surface area contributed by atoms with Gasteiger partial charge in [-0.15, -0.1) is 0 Å². The maximum atomic E-state index is 12.4. The molecule has 12 heteroatoms. The number of nitrogens with one attached hydrogen (secondary N) is 1. The van der Waals surface area contributed by atoms with Crippen molar-refractivity contribution in [1.29, 1.82) is 0 Å². The summed E-state index contributed by atoms with van der Waals surface area (Å²) in [4.78, 5) is 27.1. The van der Waals surface area contributed by atoms with Crippen LogP contribution in [0.4, 0.5) is 11.4 Å². The van der Waals surface area contributed by atoms with Crippen LogP contribution in [-0.4, -0.2) is 24.4 Å². The van der Waals surface area contributed by atoms with Gasteiger partial charge in [0.1, 0.15) is 10.6 Å². The fraction of sp³-hybridized carbons (Fsp3) is 0. The third kappa shape index (κ3) is 5.63. The number of halogens is 1. The van der Waals surface area contributed by atoms with Crippen molar-refractivity contribution in [3.05, 3.63) is 96.9 Å². The molecule has 0 aliphatic carbocycles. The Labute approximate surface area is 212 Å². The quantitative estimate of drug-likeness (QED) is 0.139. The number of aliphatic imine (C=N–C) groups is 1. The fourth-order valence-corrected chi connectivity index (χ4v) is 5.09. The lowest BCUT2D eigenvalue weighted by Gasteiger charge is -2.07. The predicted octanol–water partition coefficient (Wildman–Crippen LogP) is 4.86. The molecule has 0 saturated carbocycles. The highest BCUT2D eigenvalue weighted by Crippen LogP contribution is 2.30. The van der Waals surface area contributed by atoms with Crippen molar-refractivity contribution in [2.45, 2.75) is 4.90 Å². The molecule has 3 aromatic rings. The maximum Gasteiger partial charge on any atom is 0.339 e. The predicted molar refractivity (Wildman–Crippen MR) is 137 cm³/mol. The first kappa shape index (κ1) is 23.9. The second-order valence-electron chi connectivity index (χ2n) is 6.79. The zero-order valence-electron chi connectivity index (χ0n) is 17.0. The topological polar surface area (TPSA) is 128 Å². The van der Waals surface area contributed by atoms with Crippen LogP contribution in [0.3, 0.4) is 0 Å². The highest BCUT2D eigenvalue weighted by Gasteiger charge is 2.24. The molecule has 34 heavy (non-hydrogen) atoms. The first-order valence-electron chi connectivity index (χ1n) is 9.54. The molecule has 1 heterocycles. The van der Waals surface area contributed by atoms with Gasteiger partial charge in [0.2, 0.25) is 0 Å². The van der Waals surface area contributed by atoms with Crippen molar-refractivity contribution < 1.29 is 22.3 Å². The van der Waals surface area contributed by atoms with E-state index in [0.717, 1.165) is 33.5 Å². The van der Waals surface area contributed by atoms with E-state index in [1.54, 1.807) is 18.2 Å². The number of amides is 1. The Kier molecular flexibility index (Phi) is 7.00. The number of amidine groups is 1. The third-order valence-corrected chi connectivity index (χ3v) is 7.53. The number of para-hydroxylation sites is 1. The van der Waals surface area contributed by atoms with Gasteiger partial charge in [-0.25, -0.2) is 4.99 Å². The first-order valence-corrected chi connectivity index (χ1v) is 12.8. The molecule has 0 unspecified atom stereocenters. The third-order valence-electron chi connectivity index (χ3n) is 4.45. The van der Waals surface area contributed by atoms with E-state index in [1.165, 1.54) is 23.9 Å². The van der Waals surface area contributed by atoms with Crippen LogP contribution < -0.4 is 9.50 Å². The Morgan fingerprint density at radius 2 is 1.71 bits per heavy atom. The number of nitrogens with zero attached hydrogens (tertiary/aromatic N) is 2. The van der Waals surface area contributed by atoms with Gasteiger partial charge in [0.15, 0.2) is 5.17 Å². The number of thioether (sulfide) groups is 1. The number of carbonyl (C=O) groups excluding carboxylic acids is 1. The average molecular weight is 607 g/mol. The molecule has 1 N–H and O–H groups in total. The second-order valence-corrected chi connectivity index (χ2v) is 10.5. The first-order chi connectivity index (χ1) is 16.2.